The molecule has 6 heterocycles. The molecule has 0 saturated carbocycles. The van der Waals surface area contributed by atoms with Crippen LogP contribution in [-0.2, 0) is 45.0 Å². The summed E-state index contributed by atoms with van der Waals surface area (Å²) in [7, 11) is 3.16. The Bertz CT molecular complexity index is 3000. The third-order valence-corrected chi connectivity index (χ3v) is 15.8. The zero-order chi connectivity index (χ0) is 56.5. The van der Waals surface area contributed by atoms with Gasteiger partial charge in [0.25, 0.3) is 11.8 Å². The Morgan fingerprint density at radius 2 is 1.02 bits per heavy atom. The van der Waals surface area contributed by atoms with Crippen molar-refractivity contribution >= 4 is 46.8 Å². The molecule has 4 amide bonds. The Hall–Kier alpha value is -7.06. The van der Waals surface area contributed by atoms with Gasteiger partial charge >= 0.3 is 0 Å². The van der Waals surface area contributed by atoms with Crippen LogP contribution in [-0.4, -0.2) is 130 Å². The fourth-order valence-corrected chi connectivity index (χ4v) is 10.9. The van der Waals surface area contributed by atoms with E-state index in [0.29, 0.717) is 78.7 Å². The number of amides is 4. The Morgan fingerprint density at radius 1 is 0.625 bits per heavy atom. The molecule has 6 aromatic rings. The second-order valence-electron chi connectivity index (χ2n) is 20.5. The number of aromatic nitrogens is 4. The van der Waals surface area contributed by atoms with E-state index >= 15 is 0 Å². The molecule has 0 bridgehead atoms. The molecule has 0 aliphatic carbocycles. The van der Waals surface area contributed by atoms with Crippen LogP contribution in [0.15, 0.2) is 97.3 Å². The summed E-state index contributed by atoms with van der Waals surface area (Å²) in [6.07, 6.45) is 8.60. The van der Waals surface area contributed by atoms with Gasteiger partial charge in [-0.3, -0.25) is 19.2 Å². The number of nitrogens with one attached hydrogen (secondary N) is 2. The van der Waals surface area contributed by atoms with Crippen LogP contribution >= 0.6 is 23.2 Å². The standard InChI is InChI=1S/2C30H33ClN4O5/c2*1-18(20-4-3-5-23(13-20)39-2)33-29(37)26(17-36)35-16-22-7-6-21(14-24(22)30(35)38)28-25(31)15-32-27(34-28)12-19-8-10-40-11-9-19/h2*3-7,13-15,18-19,26,36H,8-12,16-17H2,1-2H3,(H,33,37)/t18-,26+;18-,26-/m11/s1. The molecule has 4 aliphatic rings. The second-order valence-corrected chi connectivity index (χ2v) is 21.3. The highest BCUT2D eigenvalue weighted by molar-refractivity contribution is 6.33. The van der Waals surface area contributed by atoms with Gasteiger partial charge < -0.3 is 49.6 Å². The van der Waals surface area contributed by atoms with E-state index in [-0.39, 0.29) is 37.0 Å². The van der Waals surface area contributed by atoms with Gasteiger partial charge in [-0.05, 0) is 110 Å². The minimum atomic E-state index is -1.04. The first-order valence-corrected chi connectivity index (χ1v) is 27.7. The summed E-state index contributed by atoms with van der Waals surface area (Å²) < 4.78 is 21.5. The van der Waals surface area contributed by atoms with Gasteiger partial charge in [-0.2, -0.15) is 0 Å². The molecule has 4 aliphatic heterocycles. The number of fused-ring (bicyclic) bond motifs is 2. The van der Waals surface area contributed by atoms with Crippen LogP contribution in [0.4, 0.5) is 0 Å². The van der Waals surface area contributed by atoms with Crippen molar-refractivity contribution in [3.8, 4) is 34.0 Å². The van der Waals surface area contributed by atoms with Crippen molar-refractivity contribution in [1.29, 1.82) is 0 Å². The molecule has 10 rings (SSSR count). The molecule has 0 radical (unpaired) electrons. The van der Waals surface area contributed by atoms with Gasteiger partial charge in [-0.1, -0.05) is 71.7 Å². The Balaban J connectivity index is 0.000000194. The van der Waals surface area contributed by atoms with Gasteiger partial charge in [-0.25, -0.2) is 19.9 Å². The monoisotopic (exact) mass is 1130 g/mol. The van der Waals surface area contributed by atoms with Gasteiger partial charge in [0.1, 0.15) is 35.2 Å². The number of hydrogen-bond acceptors (Lipinski definition) is 14. The lowest BCUT2D eigenvalue weighted by molar-refractivity contribution is -0.128. The van der Waals surface area contributed by atoms with E-state index in [1.54, 1.807) is 38.7 Å². The molecule has 2 saturated heterocycles. The molecule has 2 fully saturated rings. The summed E-state index contributed by atoms with van der Waals surface area (Å²) in [6.45, 7) is 6.12. The number of nitrogens with zero attached hydrogens (tertiary/aromatic N) is 6. The lowest BCUT2D eigenvalue weighted by Crippen LogP contribution is -2.49. The van der Waals surface area contributed by atoms with Gasteiger partial charge in [0.15, 0.2) is 0 Å². The maximum absolute atomic E-state index is 13.5. The number of aliphatic hydroxyl groups excluding tert-OH is 2. The number of halogens is 2. The third kappa shape index (κ3) is 13.4. The summed E-state index contributed by atoms with van der Waals surface area (Å²) in [6, 6.07) is 23.0. The van der Waals surface area contributed by atoms with E-state index in [1.807, 2.05) is 86.6 Å². The summed E-state index contributed by atoms with van der Waals surface area (Å²) in [4.78, 5) is 74.5. The van der Waals surface area contributed by atoms with Gasteiger partial charge in [0.2, 0.25) is 11.8 Å². The zero-order valence-electron chi connectivity index (χ0n) is 45.2. The molecule has 4 N–H and O–H groups in total. The van der Waals surface area contributed by atoms with Gasteiger partial charge in [-0.15, -0.1) is 0 Å². The van der Waals surface area contributed by atoms with Crippen molar-refractivity contribution in [2.45, 2.75) is 89.6 Å². The smallest absolute Gasteiger partial charge is 0.255 e. The number of carbonyl (C=O) groups is 4. The summed E-state index contributed by atoms with van der Waals surface area (Å²) in [5.74, 6) is 2.18. The van der Waals surface area contributed by atoms with Crippen LogP contribution in [0.3, 0.4) is 0 Å². The number of carbonyl (C=O) groups excluding carboxylic acids is 4. The van der Waals surface area contributed by atoms with Gasteiger partial charge in [0, 0.05) is 87.0 Å². The maximum atomic E-state index is 13.5. The number of methoxy groups -OCH3 is 2. The average Bonchev–Trinajstić information content (AvgIpc) is 4.07. The van der Waals surface area contributed by atoms with Gasteiger partial charge in [0.05, 0.1) is 61.0 Å². The molecule has 420 valence electrons. The van der Waals surface area contributed by atoms with Crippen molar-refractivity contribution in [3.63, 3.8) is 0 Å². The van der Waals surface area contributed by atoms with E-state index in [0.717, 1.165) is 87.2 Å². The molecule has 2 aromatic heterocycles. The molecule has 0 unspecified atom stereocenters. The normalized spacial score (nSPS) is 16.9. The Kier molecular flexibility index (Phi) is 19.1. The molecular weight excluding hydrogens is 1060 g/mol. The number of aliphatic hydroxyl groups is 2. The van der Waals surface area contributed by atoms with Crippen molar-refractivity contribution in [3.05, 3.63) is 152 Å². The quantitative estimate of drug-likeness (QED) is 0.0641. The zero-order valence-corrected chi connectivity index (χ0v) is 46.7. The topological polar surface area (TPSA) is 228 Å². The van der Waals surface area contributed by atoms with E-state index < -0.39 is 37.1 Å². The van der Waals surface area contributed by atoms with Crippen LogP contribution in [0.5, 0.6) is 11.5 Å². The SMILES string of the molecule is COc1cccc([C@@H](C)NC(=O)[C@@H](CO)N2Cc3ccc(-c4nc(CC5CCOCC5)ncc4Cl)cc3C2=O)c1.COc1cccc([C@@H](C)NC(=O)[C@H](CO)N2Cc3ccc(-c4nc(CC5CCOCC5)ncc4Cl)cc3C2=O)c1. The molecule has 18 nitrogen and oxygen atoms in total. The van der Waals surface area contributed by atoms with E-state index in [1.165, 1.54) is 9.80 Å². The fraction of sp³-hybridized carbons (Fsp3) is 0.400. The fourth-order valence-electron chi connectivity index (χ4n) is 10.5. The van der Waals surface area contributed by atoms with Crippen LogP contribution < -0.4 is 20.1 Å². The van der Waals surface area contributed by atoms with Crippen LogP contribution in [0.2, 0.25) is 10.0 Å². The lowest BCUT2D eigenvalue weighted by Gasteiger charge is -2.27. The maximum Gasteiger partial charge on any atom is 0.255 e. The second kappa shape index (κ2) is 26.5. The van der Waals surface area contributed by atoms with E-state index in [9.17, 15) is 29.4 Å². The molecular formula is C60H66Cl2N8O10. The van der Waals surface area contributed by atoms with Crippen molar-refractivity contribution in [2.24, 2.45) is 11.8 Å². The summed E-state index contributed by atoms with van der Waals surface area (Å²) >= 11 is 13.0. The highest BCUT2D eigenvalue weighted by atomic mass is 35.5. The summed E-state index contributed by atoms with van der Waals surface area (Å²) in [5.41, 5.74) is 6.70. The predicted molar refractivity (Wildman–Crippen MR) is 300 cm³/mol. The van der Waals surface area contributed by atoms with E-state index in [4.69, 9.17) is 52.1 Å². The van der Waals surface area contributed by atoms with Crippen molar-refractivity contribution < 1.29 is 48.3 Å². The molecule has 4 atom stereocenters. The summed E-state index contributed by atoms with van der Waals surface area (Å²) in [5, 5.41) is 26.9. The number of benzene rings is 4. The molecule has 4 aromatic carbocycles. The third-order valence-electron chi connectivity index (χ3n) is 15.3. The van der Waals surface area contributed by atoms with Crippen molar-refractivity contribution in [2.75, 3.05) is 53.9 Å². The molecule has 0 spiro atoms. The molecule has 80 heavy (non-hydrogen) atoms. The largest absolute Gasteiger partial charge is 0.497 e. The molecule has 20 heteroatoms. The van der Waals surface area contributed by atoms with Crippen LogP contribution in [0.1, 0.15) is 106 Å². The first kappa shape index (κ1) is 57.6. The highest BCUT2D eigenvalue weighted by Gasteiger charge is 2.39. The Labute approximate surface area is 475 Å². The minimum absolute atomic E-state index is 0.215. The number of rotatable bonds is 18. The van der Waals surface area contributed by atoms with Crippen LogP contribution in [0, 0.1) is 11.8 Å². The average molecular weight is 1130 g/mol. The van der Waals surface area contributed by atoms with Crippen LogP contribution in [0.25, 0.3) is 22.5 Å². The minimum Gasteiger partial charge on any atom is -0.497 e. The Morgan fingerprint density at radius 3 is 1.40 bits per heavy atom. The highest BCUT2D eigenvalue weighted by Crippen LogP contribution is 2.35. The number of ether oxygens (including phenoxy) is 4. The first-order chi connectivity index (χ1) is 38.7. The lowest BCUT2D eigenvalue weighted by atomic mass is 9.96. The van der Waals surface area contributed by atoms with E-state index in [2.05, 4.69) is 20.6 Å². The first-order valence-electron chi connectivity index (χ1n) is 26.9. The number of hydrogen-bond donors (Lipinski definition) is 4. The predicted octanol–water partition coefficient (Wildman–Crippen LogP) is 7.94. The van der Waals surface area contributed by atoms with Crippen molar-refractivity contribution in [1.82, 2.24) is 40.4 Å².